The average molecular weight is 339 g/mol. The monoisotopic (exact) mass is 339 g/mol. The first kappa shape index (κ1) is 18.0. The summed E-state index contributed by atoms with van der Waals surface area (Å²) in [6.07, 6.45) is 1.89. The number of hydrogen-bond acceptors (Lipinski definition) is 4. The van der Waals surface area contributed by atoms with Gasteiger partial charge in [-0.05, 0) is 42.3 Å². The quantitative estimate of drug-likeness (QED) is 0.601. The van der Waals surface area contributed by atoms with Crippen molar-refractivity contribution in [3.8, 4) is 11.8 Å². The van der Waals surface area contributed by atoms with Crippen molar-refractivity contribution in [3.63, 3.8) is 0 Å². The van der Waals surface area contributed by atoms with E-state index in [1.165, 1.54) is 24.4 Å². The zero-order valence-corrected chi connectivity index (χ0v) is 13.8. The second-order valence-corrected chi connectivity index (χ2v) is 5.18. The normalized spacial score (nSPS) is 10.7. The van der Waals surface area contributed by atoms with E-state index in [0.29, 0.717) is 18.7 Å². The fraction of sp³-hybridized carbons (Fsp3) is 0.158. The Morgan fingerprint density at radius 1 is 1.28 bits per heavy atom. The summed E-state index contributed by atoms with van der Waals surface area (Å²) in [5.74, 6) is -0.119. The predicted molar refractivity (Wildman–Crippen MR) is 93.4 cm³/mol. The molecule has 0 fully saturated rings. The van der Waals surface area contributed by atoms with Crippen molar-refractivity contribution in [3.05, 3.63) is 71.7 Å². The summed E-state index contributed by atoms with van der Waals surface area (Å²) in [4.78, 5) is 12.0. The lowest BCUT2D eigenvalue weighted by Crippen LogP contribution is -2.27. The Balaban J connectivity index is 1.86. The molecular formula is C19H18FN3O2. The number of anilines is 1. The standard InChI is InChI=1S/C19H18FN3O2/c1-25-18-7-5-14(6-8-18)9-10-22-19(24)15(12-21)13-23-17-4-2-3-16(20)11-17/h2-8,11,13,23H,9-10H2,1H3,(H,22,24)/b15-13-. The van der Waals surface area contributed by atoms with Crippen molar-refractivity contribution in [2.75, 3.05) is 19.0 Å². The lowest BCUT2D eigenvalue weighted by molar-refractivity contribution is -0.117. The second-order valence-electron chi connectivity index (χ2n) is 5.18. The number of methoxy groups -OCH3 is 1. The smallest absolute Gasteiger partial charge is 0.263 e. The average Bonchev–Trinajstić information content (AvgIpc) is 2.63. The fourth-order valence-corrected chi connectivity index (χ4v) is 2.09. The van der Waals surface area contributed by atoms with Gasteiger partial charge >= 0.3 is 0 Å². The number of benzene rings is 2. The molecule has 0 aromatic heterocycles. The molecule has 0 atom stereocenters. The number of halogens is 1. The number of carbonyl (C=O) groups is 1. The van der Waals surface area contributed by atoms with Crippen LogP contribution in [0.3, 0.4) is 0 Å². The molecule has 0 bridgehead atoms. The molecule has 0 aliphatic heterocycles. The summed E-state index contributed by atoms with van der Waals surface area (Å²) in [7, 11) is 1.60. The third-order valence-corrected chi connectivity index (χ3v) is 3.43. The Kier molecular flexibility index (Phi) is 6.55. The van der Waals surface area contributed by atoms with Crippen molar-refractivity contribution in [2.45, 2.75) is 6.42 Å². The van der Waals surface area contributed by atoms with Crippen LogP contribution in [0.15, 0.2) is 60.3 Å². The number of rotatable bonds is 7. The topological polar surface area (TPSA) is 74.1 Å². The molecule has 5 nitrogen and oxygen atoms in total. The SMILES string of the molecule is COc1ccc(CCNC(=O)/C(C#N)=C\Nc2cccc(F)c2)cc1. The zero-order valence-electron chi connectivity index (χ0n) is 13.8. The Morgan fingerprint density at radius 3 is 2.68 bits per heavy atom. The van der Waals surface area contributed by atoms with Crippen molar-refractivity contribution in [1.29, 1.82) is 5.26 Å². The number of carbonyl (C=O) groups excluding carboxylic acids is 1. The van der Waals surface area contributed by atoms with Crippen LogP contribution in [0.4, 0.5) is 10.1 Å². The second kappa shape index (κ2) is 9.08. The largest absolute Gasteiger partial charge is 0.497 e. The first-order chi connectivity index (χ1) is 12.1. The maximum atomic E-state index is 13.1. The van der Waals surface area contributed by atoms with E-state index < -0.39 is 11.7 Å². The molecule has 1 amide bonds. The van der Waals surface area contributed by atoms with Crippen LogP contribution in [-0.4, -0.2) is 19.6 Å². The van der Waals surface area contributed by atoms with Crippen molar-refractivity contribution in [2.24, 2.45) is 0 Å². The van der Waals surface area contributed by atoms with Gasteiger partial charge in [0.05, 0.1) is 7.11 Å². The molecule has 25 heavy (non-hydrogen) atoms. The number of nitriles is 1. The molecule has 0 aliphatic rings. The molecule has 0 radical (unpaired) electrons. The van der Waals surface area contributed by atoms with Gasteiger partial charge in [-0.1, -0.05) is 18.2 Å². The third kappa shape index (κ3) is 5.66. The minimum atomic E-state index is -0.486. The van der Waals surface area contributed by atoms with Gasteiger partial charge in [0.2, 0.25) is 0 Å². The van der Waals surface area contributed by atoms with E-state index in [9.17, 15) is 9.18 Å². The molecule has 128 valence electrons. The van der Waals surface area contributed by atoms with Crippen LogP contribution < -0.4 is 15.4 Å². The van der Waals surface area contributed by atoms with Gasteiger partial charge < -0.3 is 15.4 Å². The maximum absolute atomic E-state index is 13.1. The third-order valence-electron chi connectivity index (χ3n) is 3.43. The van der Waals surface area contributed by atoms with Gasteiger partial charge in [0.1, 0.15) is 23.2 Å². The van der Waals surface area contributed by atoms with E-state index in [-0.39, 0.29) is 5.57 Å². The molecule has 6 heteroatoms. The van der Waals surface area contributed by atoms with E-state index in [2.05, 4.69) is 10.6 Å². The van der Waals surface area contributed by atoms with E-state index in [0.717, 1.165) is 11.3 Å². The van der Waals surface area contributed by atoms with Gasteiger partial charge in [0.25, 0.3) is 5.91 Å². The van der Waals surface area contributed by atoms with Gasteiger partial charge in [-0.15, -0.1) is 0 Å². The molecule has 2 aromatic carbocycles. The number of nitrogens with one attached hydrogen (secondary N) is 2. The van der Waals surface area contributed by atoms with Crippen LogP contribution in [0, 0.1) is 17.1 Å². The van der Waals surface area contributed by atoms with E-state index >= 15 is 0 Å². The highest BCUT2D eigenvalue weighted by Crippen LogP contribution is 2.12. The van der Waals surface area contributed by atoms with Crippen LogP contribution in [-0.2, 0) is 11.2 Å². The van der Waals surface area contributed by atoms with E-state index in [1.54, 1.807) is 13.2 Å². The molecule has 2 rings (SSSR count). The summed E-state index contributed by atoms with van der Waals surface area (Å²) in [6, 6.07) is 15.1. The number of hydrogen-bond donors (Lipinski definition) is 2. The van der Waals surface area contributed by atoms with Crippen molar-refractivity contribution < 1.29 is 13.9 Å². The maximum Gasteiger partial charge on any atom is 0.263 e. The Morgan fingerprint density at radius 2 is 2.04 bits per heavy atom. The lowest BCUT2D eigenvalue weighted by Gasteiger charge is -2.06. The predicted octanol–water partition coefficient (Wildman–Crippen LogP) is 3.01. The Hall–Kier alpha value is -3.33. The Labute approximate surface area is 145 Å². The lowest BCUT2D eigenvalue weighted by atomic mass is 10.1. The van der Waals surface area contributed by atoms with Crippen LogP contribution >= 0.6 is 0 Å². The molecule has 0 saturated heterocycles. The summed E-state index contributed by atoms with van der Waals surface area (Å²) in [6.45, 7) is 0.393. The minimum absolute atomic E-state index is 0.0843. The van der Waals surface area contributed by atoms with E-state index in [4.69, 9.17) is 10.00 Å². The minimum Gasteiger partial charge on any atom is -0.497 e. The van der Waals surface area contributed by atoms with Gasteiger partial charge in [-0.2, -0.15) is 5.26 Å². The van der Waals surface area contributed by atoms with Crippen LogP contribution in [0.5, 0.6) is 5.75 Å². The highest BCUT2D eigenvalue weighted by molar-refractivity contribution is 5.97. The zero-order chi connectivity index (χ0) is 18.1. The molecule has 2 N–H and O–H groups in total. The first-order valence-corrected chi connectivity index (χ1v) is 7.66. The summed E-state index contributed by atoms with van der Waals surface area (Å²) in [5.41, 5.74) is 1.42. The number of amides is 1. The van der Waals surface area contributed by atoms with Gasteiger partial charge in [-0.25, -0.2) is 4.39 Å². The number of ether oxygens (including phenoxy) is 1. The van der Waals surface area contributed by atoms with Crippen LogP contribution in [0.1, 0.15) is 5.56 Å². The van der Waals surface area contributed by atoms with Crippen LogP contribution in [0.25, 0.3) is 0 Å². The van der Waals surface area contributed by atoms with Gasteiger partial charge in [0, 0.05) is 18.4 Å². The summed E-state index contributed by atoms with van der Waals surface area (Å²) < 4.78 is 18.2. The molecule has 2 aromatic rings. The highest BCUT2D eigenvalue weighted by Gasteiger charge is 2.08. The number of nitrogens with zero attached hydrogens (tertiary/aromatic N) is 1. The van der Waals surface area contributed by atoms with Gasteiger partial charge in [0.15, 0.2) is 0 Å². The Bertz CT molecular complexity index is 795. The first-order valence-electron chi connectivity index (χ1n) is 7.66. The molecule has 0 heterocycles. The van der Waals surface area contributed by atoms with Crippen LogP contribution in [0.2, 0.25) is 0 Å². The summed E-state index contributed by atoms with van der Waals surface area (Å²) in [5, 5.41) is 14.5. The van der Waals surface area contributed by atoms with Crippen molar-refractivity contribution >= 4 is 11.6 Å². The highest BCUT2D eigenvalue weighted by atomic mass is 19.1. The summed E-state index contributed by atoms with van der Waals surface area (Å²) >= 11 is 0. The molecule has 0 saturated carbocycles. The molecule has 0 aliphatic carbocycles. The molecule has 0 spiro atoms. The van der Waals surface area contributed by atoms with E-state index in [1.807, 2.05) is 30.3 Å². The van der Waals surface area contributed by atoms with Crippen molar-refractivity contribution in [1.82, 2.24) is 5.32 Å². The fourth-order valence-electron chi connectivity index (χ4n) is 2.09. The molecular weight excluding hydrogens is 321 g/mol. The van der Waals surface area contributed by atoms with Gasteiger partial charge in [-0.3, -0.25) is 4.79 Å². The molecule has 0 unspecified atom stereocenters.